The lowest BCUT2D eigenvalue weighted by Gasteiger charge is -2.30. The Hall–Kier alpha value is -1.60. The number of benzene rings is 1. The first-order chi connectivity index (χ1) is 8.67. The zero-order chi connectivity index (χ0) is 13.0. The summed E-state index contributed by atoms with van der Waals surface area (Å²) in [6.07, 6.45) is 2.42. The number of likely N-dealkylation sites (tertiary alicyclic amines) is 1. The first-order valence-corrected chi connectivity index (χ1v) is 6.30. The summed E-state index contributed by atoms with van der Waals surface area (Å²) in [6, 6.07) is 6.34. The van der Waals surface area contributed by atoms with Crippen molar-refractivity contribution in [3.05, 3.63) is 29.6 Å². The molecular formula is C14H18FN3. The molecule has 1 aromatic rings. The van der Waals surface area contributed by atoms with Crippen molar-refractivity contribution < 1.29 is 4.39 Å². The van der Waals surface area contributed by atoms with Gasteiger partial charge in [-0.3, -0.25) is 0 Å². The average Bonchev–Trinajstić information content (AvgIpc) is 2.36. The van der Waals surface area contributed by atoms with Crippen molar-refractivity contribution in [3.8, 4) is 6.07 Å². The number of anilines is 1. The molecule has 0 aromatic heterocycles. The van der Waals surface area contributed by atoms with Crippen LogP contribution in [-0.2, 0) is 0 Å². The van der Waals surface area contributed by atoms with E-state index in [9.17, 15) is 4.39 Å². The van der Waals surface area contributed by atoms with Crippen LogP contribution in [0.5, 0.6) is 0 Å². The van der Waals surface area contributed by atoms with Gasteiger partial charge in [0, 0.05) is 18.8 Å². The molecule has 0 radical (unpaired) electrons. The fraction of sp³-hybridized carbons (Fsp3) is 0.500. The molecule has 3 nitrogen and oxygen atoms in total. The van der Waals surface area contributed by atoms with Crippen molar-refractivity contribution in [3.63, 3.8) is 0 Å². The van der Waals surface area contributed by atoms with E-state index in [1.165, 1.54) is 25.0 Å². The van der Waals surface area contributed by atoms with Gasteiger partial charge in [-0.15, -0.1) is 0 Å². The number of halogens is 1. The molecule has 1 aromatic carbocycles. The summed E-state index contributed by atoms with van der Waals surface area (Å²) in [5.41, 5.74) is 1.05. The molecule has 0 saturated carbocycles. The van der Waals surface area contributed by atoms with Crippen LogP contribution in [0.25, 0.3) is 0 Å². The van der Waals surface area contributed by atoms with E-state index >= 15 is 0 Å². The highest BCUT2D eigenvalue weighted by Gasteiger charge is 2.16. The van der Waals surface area contributed by atoms with Crippen LogP contribution in [0.3, 0.4) is 0 Å². The Kier molecular flexibility index (Phi) is 4.16. The number of piperidine rings is 1. The SMILES string of the molecule is CN1CCCC(CNc2cc(F)cc(C#N)c2)C1. The molecule has 0 aliphatic carbocycles. The molecule has 1 aliphatic heterocycles. The van der Waals surface area contributed by atoms with Crippen molar-refractivity contribution in [1.82, 2.24) is 4.90 Å². The van der Waals surface area contributed by atoms with Crippen molar-refractivity contribution in [2.75, 3.05) is 32.0 Å². The van der Waals surface area contributed by atoms with E-state index in [0.717, 1.165) is 19.6 Å². The van der Waals surface area contributed by atoms with E-state index in [1.807, 2.05) is 6.07 Å². The van der Waals surface area contributed by atoms with Gasteiger partial charge in [0.2, 0.25) is 0 Å². The van der Waals surface area contributed by atoms with E-state index in [1.54, 1.807) is 6.07 Å². The molecular weight excluding hydrogens is 229 g/mol. The van der Waals surface area contributed by atoms with Crippen molar-refractivity contribution in [2.24, 2.45) is 5.92 Å². The van der Waals surface area contributed by atoms with Crippen molar-refractivity contribution in [1.29, 1.82) is 5.26 Å². The fourth-order valence-electron chi connectivity index (χ4n) is 2.46. The quantitative estimate of drug-likeness (QED) is 0.891. The maximum atomic E-state index is 13.2. The van der Waals surface area contributed by atoms with Crippen LogP contribution in [0.2, 0.25) is 0 Å². The van der Waals surface area contributed by atoms with Crippen LogP contribution < -0.4 is 5.32 Å². The number of hydrogen-bond donors (Lipinski definition) is 1. The maximum absolute atomic E-state index is 13.2. The summed E-state index contributed by atoms with van der Waals surface area (Å²) in [5.74, 6) is 0.231. The van der Waals surface area contributed by atoms with Crippen LogP contribution in [0.15, 0.2) is 18.2 Å². The average molecular weight is 247 g/mol. The molecule has 0 spiro atoms. The lowest BCUT2D eigenvalue weighted by Crippen LogP contribution is -2.35. The highest BCUT2D eigenvalue weighted by atomic mass is 19.1. The summed E-state index contributed by atoms with van der Waals surface area (Å²) < 4.78 is 13.2. The van der Waals surface area contributed by atoms with E-state index in [2.05, 4.69) is 17.3 Å². The van der Waals surface area contributed by atoms with Crippen molar-refractivity contribution in [2.45, 2.75) is 12.8 Å². The minimum absolute atomic E-state index is 0.360. The van der Waals surface area contributed by atoms with E-state index in [0.29, 0.717) is 17.2 Å². The van der Waals surface area contributed by atoms with Crippen LogP contribution in [0.1, 0.15) is 18.4 Å². The Morgan fingerprint density at radius 2 is 2.33 bits per heavy atom. The predicted molar refractivity (Wildman–Crippen MR) is 69.8 cm³/mol. The maximum Gasteiger partial charge on any atom is 0.126 e. The Bertz CT molecular complexity index is 453. The summed E-state index contributed by atoms with van der Waals surface area (Å²) >= 11 is 0. The number of nitriles is 1. The second kappa shape index (κ2) is 5.83. The van der Waals surface area contributed by atoms with Crippen molar-refractivity contribution >= 4 is 5.69 Å². The number of hydrogen-bond acceptors (Lipinski definition) is 3. The predicted octanol–water partition coefficient (Wildman–Crippen LogP) is 2.45. The van der Waals surface area contributed by atoms with Gasteiger partial charge in [-0.1, -0.05) is 0 Å². The zero-order valence-corrected chi connectivity index (χ0v) is 10.6. The smallest absolute Gasteiger partial charge is 0.126 e. The molecule has 18 heavy (non-hydrogen) atoms. The normalized spacial score (nSPS) is 20.4. The third kappa shape index (κ3) is 3.44. The van der Waals surface area contributed by atoms with E-state index in [4.69, 9.17) is 5.26 Å². The number of rotatable bonds is 3. The number of nitrogens with one attached hydrogen (secondary N) is 1. The second-order valence-electron chi connectivity index (χ2n) is 4.99. The highest BCUT2D eigenvalue weighted by Crippen LogP contribution is 2.18. The second-order valence-corrected chi connectivity index (χ2v) is 4.99. The largest absolute Gasteiger partial charge is 0.385 e. The highest BCUT2D eigenvalue weighted by molar-refractivity contribution is 5.49. The van der Waals surface area contributed by atoms with Gasteiger partial charge in [0.25, 0.3) is 0 Å². The van der Waals surface area contributed by atoms with E-state index in [-0.39, 0.29) is 5.82 Å². The monoisotopic (exact) mass is 247 g/mol. The summed E-state index contributed by atoms with van der Waals surface area (Å²) in [7, 11) is 2.13. The van der Waals surface area contributed by atoms with Crippen LogP contribution >= 0.6 is 0 Å². The first kappa shape index (κ1) is 12.8. The molecule has 1 atom stereocenters. The first-order valence-electron chi connectivity index (χ1n) is 6.30. The standard InChI is InChI=1S/C14H18FN3/c1-18-4-2-3-11(10-18)9-17-14-6-12(8-16)5-13(15)7-14/h5-7,11,17H,2-4,9-10H2,1H3. The molecule has 1 aliphatic rings. The lowest BCUT2D eigenvalue weighted by molar-refractivity contribution is 0.217. The number of nitrogens with zero attached hydrogens (tertiary/aromatic N) is 2. The minimum Gasteiger partial charge on any atom is -0.385 e. The summed E-state index contributed by atoms with van der Waals surface area (Å²) in [4.78, 5) is 2.32. The van der Waals surface area contributed by atoms with Crippen LogP contribution in [0.4, 0.5) is 10.1 Å². The topological polar surface area (TPSA) is 39.1 Å². The zero-order valence-electron chi connectivity index (χ0n) is 10.6. The van der Waals surface area contributed by atoms with Gasteiger partial charge in [0.05, 0.1) is 11.6 Å². The van der Waals surface area contributed by atoms with Gasteiger partial charge >= 0.3 is 0 Å². The molecule has 1 unspecified atom stereocenters. The van der Waals surface area contributed by atoms with Gasteiger partial charge in [-0.05, 0) is 50.6 Å². The molecule has 4 heteroatoms. The van der Waals surface area contributed by atoms with Gasteiger partial charge in [-0.25, -0.2) is 4.39 Å². The molecule has 1 saturated heterocycles. The van der Waals surface area contributed by atoms with Gasteiger partial charge < -0.3 is 10.2 Å². The molecule has 0 amide bonds. The molecule has 1 fully saturated rings. The molecule has 96 valence electrons. The fourth-order valence-corrected chi connectivity index (χ4v) is 2.46. The van der Waals surface area contributed by atoms with Gasteiger partial charge in [0.15, 0.2) is 0 Å². The Morgan fingerprint density at radius 3 is 3.06 bits per heavy atom. The van der Waals surface area contributed by atoms with Gasteiger partial charge in [0.1, 0.15) is 5.82 Å². The summed E-state index contributed by atoms with van der Waals surface area (Å²) in [5, 5.41) is 12.0. The molecule has 1 heterocycles. The Morgan fingerprint density at radius 1 is 1.50 bits per heavy atom. The van der Waals surface area contributed by atoms with Crippen LogP contribution in [0, 0.1) is 23.1 Å². The van der Waals surface area contributed by atoms with E-state index < -0.39 is 0 Å². The summed E-state index contributed by atoms with van der Waals surface area (Å²) in [6.45, 7) is 3.07. The minimum atomic E-state index is -0.364. The Labute approximate surface area is 107 Å². The third-order valence-electron chi connectivity index (χ3n) is 3.34. The van der Waals surface area contributed by atoms with Crippen LogP contribution in [-0.4, -0.2) is 31.6 Å². The molecule has 1 N–H and O–H groups in total. The Balaban J connectivity index is 1.93. The lowest BCUT2D eigenvalue weighted by atomic mass is 9.98. The third-order valence-corrected chi connectivity index (χ3v) is 3.34. The molecule has 2 rings (SSSR count). The molecule has 0 bridgehead atoms. The van der Waals surface area contributed by atoms with Gasteiger partial charge in [-0.2, -0.15) is 5.26 Å².